The second-order valence-corrected chi connectivity index (χ2v) is 8.60. The lowest BCUT2D eigenvalue weighted by atomic mass is 9.99. The average Bonchev–Trinajstić information content (AvgIpc) is 2.27. The van der Waals surface area contributed by atoms with Crippen LogP contribution in [0.5, 0.6) is 0 Å². The number of hydrogen-bond acceptors (Lipinski definition) is 3. The first-order chi connectivity index (χ1) is 8.81. The highest BCUT2D eigenvalue weighted by Crippen LogP contribution is 2.20. The van der Waals surface area contributed by atoms with Crippen molar-refractivity contribution >= 4 is 10.0 Å². The Morgan fingerprint density at radius 3 is 2.47 bits per heavy atom. The lowest BCUT2D eigenvalue weighted by Gasteiger charge is -2.32. The molecule has 0 aromatic rings. The summed E-state index contributed by atoms with van der Waals surface area (Å²) in [4.78, 5) is 0. The Balaban J connectivity index is 2.45. The first-order valence-electron chi connectivity index (χ1n) is 7.49. The maximum absolute atomic E-state index is 12.2. The van der Waals surface area contributed by atoms with Gasteiger partial charge in [0.2, 0.25) is 10.0 Å². The molecule has 1 atom stereocenters. The Morgan fingerprint density at radius 1 is 1.21 bits per heavy atom. The van der Waals surface area contributed by atoms with Crippen LogP contribution in [0.2, 0.25) is 0 Å². The van der Waals surface area contributed by atoms with Crippen LogP contribution < -0.4 is 5.32 Å². The summed E-state index contributed by atoms with van der Waals surface area (Å²) in [6, 6.07) is 0. The van der Waals surface area contributed by atoms with Gasteiger partial charge in [0.1, 0.15) is 0 Å². The standard InChI is InChI=1S/C14H30N2O2S/c1-12(2)8-15-9-14-6-5-7-16(10-14)19(17,18)11-13(3)4/h12-15H,5-11H2,1-4H3. The second-order valence-electron chi connectivity index (χ2n) is 6.59. The van der Waals surface area contributed by atoms with Crippen LogP contribution in [0.3, 0.4) is 0 Å². The van der Waals surface area contributed by atoms with Gasteiger partial charge < -0.3 is 5.32 Å². The molecule has 114 valence electrons. The Labute approximate surface area is 119 Å². The molecule has 0 amide bonds. The molecule has 0 spiro atoms. The third-order valence-electron chi connectivity index (χ3n) is 3.40. The van der Waals surface area contributed by atoms with Crippen molar-refractivity contribution in [2.75, 3.05) is 31.9 Å². The number of hydrogen-bond donors (Lipinski definition) is 1. The lowest BCUT2D eigenvalue weighted by molar-refractivity contribution is 0.257. The zero-order chi connectivity index (χ0) is 14.5. The number of nitrogens with one attached hydrogen (secondary N) is 1. The molecule has 19 heavy (non-hydrogen) atoms. The Bertz CT molecular complexity index is 352. The molecule has 1 unspecified atom stereocenters. The molecule has 1 heterocycles. The maximum Gasteiger partial charge on any atom is 0.214 e. The van der Waals surface area contributed by atoms with Gasteiger partial charge >= 0.3 is 0 Å². The third kappa shape index (κ3) is 6.23. The van der Waals surface area contributed by atoms with Crippen LogP contribution in [0.1, 0.15) is 40.5 Å². The molecule has 0 aromatic heterocycles. The molecule has 1 aliphatic rings. The number of sulfonamides is 1. The average molecular weight is 290 g/mol. The predicted molar refractivity (Wildman–Crippen MR) is 80.6 cm³/mol. The highest BCUT2D eigenvalue weighted by molar-refractivity contribution is 7.89. The predicted octanol–water partition coefficient (Wildman–Crippen LogP) is 1.93. The van der Waals surface area contributed by atoms with Crippen molar-refractivity contribution < 1.29 is 8.42 Å². The van der Waals surface area contributed by atoms with Crippen LogP contribution in [0, 0.1) is 17.8 Å². The van der Waals surface area contributed by atoms with Gasteiger partial charge in [0.05, 0.1) is 5.75 Å². The second kappa shape index (κ2) is 7.60. The van der Waals surface area contributed by atoms with Crippen LogP contribution in [0.25, 0.3) is 0 Å². The van der Waals surface area contributed by atoms with Gasteiger partial charge in [-0.3, -0.25) is 0 Å². The number of nitrogens with zero attached hydrogens (tertiary/aromatic N) is 1. The van der Waals surface area contributed by atoms with Crippen LogP contribution in [-0.4, -0.2) is 44.7 Å². The van der Waals surface area contributed by atoms with Crippen molar-refractivity contribution in [2.45, 2.75) is 40.5 Å². The van der Waals surface area contributed by atoms with E-state index in [-0.39, 0.29) is 11.7 Å². The van der Waals surface area contributed by atoms with Gasteiger partial charge in [0.15, 0.2) is 0 Å². The summed E-state index contributed by atoms with van der Waals surface area (Å²) in [5.74, 6) is 1.59. The van der Waals surface area contributed by atoms with Crippen LogP contribution in [0.15, 0.2) is 0 Å². The molecular weight excluding hydrogens is 260 g/mol. The fourth-order valence-electron chi connectivity index (χ4n) is 2.55. The highest BCUT2D eigenvalue weighted by Gasteiger charge is 2.29. The largest absolute Gasteiger partial charge is 0.316 e. The first kappa shape index (κ1) is 16.9. The monoisotopic (exact) mass is 290 g/mol. The van der Waals surface area contributed by atoms with Gasteiger partial charge in [-0.2, -0.15) is 0 Å². The van der Waals surface area contributed by atoms with Crippen molar-refractivity contribution in [3.63, 3.8) is 0 Å². The molecule has 1 fully saturated rings. The van der Waals surface area contributed by atoms with E-state index in [1.807, 2.05) is 13.8 Å². The van der Waals surface area contributed by atoms with Crippen LogP contribution in [0.4, 0.5) is 0 Å². The minimum Gasteiger partial charge on any atom is -0.316 e. The van der Waals surface area contributed by atoms with Gasteiger partial charge in [-0.05, 0) is 43.7 Å². The molecule has 5 heteroatoms. The summed E-state index contributed by atoms with van der Waals surface area (Å²) in [7, 11) is -3.05. The quantitative estimate of drug-likeness (QED) is 0.779. The van der Waals surface area contributed by atoms with Crippen molar-refractivity contribution in [2.24, 2.45) is 17.8 Å². The summed E-state index contributed by atoms with van der Waals surface area (Å²) in [5, 5.41) is 3.45. The van der Waals surface area contributed by atoms with Crippen molar-refractivity contribution in [3.05, 3.63) is 0 Å². The van der Waals surface area contributed by atoms with E-state index in [2.05, 4.69) is 19.2 Å². The molecule has 4 nitrogen and oxygen atoms in total. The summed E-state index contributed by atoms with van der Waals surface area (Å²) < 4.78 is 26.2. The topological polar surface area (TPSA) is 49.4 Å². The molecule has 0 saturated carbocycles. The zero-order valence-electron chi connectivity index (χ0n) is 12.9. The molecule has 0 aliphatic carbocycles. The lowest BCUT2D eigenvalue weighted by Crippen LogP contribution is -2.44. The fraction of sp³-hybridized carbons (Fsp3) is 1.00. The SMILES string of the molecule is CC(C)CNCC1CCCN(S(=O)(=O)CC(C)C)C1. The van der Waals surface area contributed by atoms with Crippen molar-refractivity contribution in [1.29, 1.82) is 0 Å². The highest BCUT2D eigenvalue weighted by atomic mass is 32.2. The van der Waals surface area contributed by atoms with E-state index in [9.17, 15) is 8.42 Å². The molecule has 0 aromatic carbocycles. The summed E-state index contributed by atoms with van der Waals surface area (Å²) >= 11 is 0. The van der Waals surface area contributed by atoms with Crippen LogP contribution in [-0.2, 0) is 10.0 Å². The van der Waals surface area contributed by atoms with E-state index in [0.717, 1.165) is 25.9 Å². The van der Waals surface area contributed by atoms with Gasteiger partial charge in [-0.25, -0.2) is 12.7 Å². The van der Waals surface area contributed by atoms with E-state index in [1.54, 1.807) is 4.31 Å². The third-order valence-corrected chi connectivity index (χ3v) is 5.61. The van der Waals surface area contributed by atoms with E-state index in [4.69, 9.17) is 0 Å². The Kier molecular flexibility index (Phi) is 6.77. The first-order valence-corrected chi connectivity index (χ1v) is 9.10. The molecule has 0 bridgehead atoms. The molecule has 1 N–H and O–H groups in total. The number of piperidine rings is 1. The van der Waals surface area contributed by atoms with Gasteiger partial charge in [0.25, 0.3) is 0 Å². The molecule has 1 aliphatic heterocycles. The zero-order valence-corrected chi connectivity index (χ0v) is 13.7. The Hall–Kier alpha value is -0.130. The summed E-state index contributed by atoms with van der Waals surface area (Å²) in [6.45, 7) is 11.6. The normalized spacial score (nSPS) is 22.3. The summed E-state index contributed by atoms with van der Waals surface area (Å²) in [6.07, 6.45) is 2.13. The van der Waals surface area contributed by atoms with Gasteiger partial charge in [-0.1, -0.05) is 27.7 Å². The van der Waals surface area contributed by atoms with E-state index < -0.39 is 10.0 Å². The number of rotatable bonds is 7. The van der Waals surface area contributed by atoms with Crippen molar-refractivity contribution in [1.82, 2.24) is 9.62 Å². The minimum absolute atomic E-state index is 0.199. The molecular formula is C14H30N2O2S. The van der Waals surface area contributed by atoms with E-state index in [0.29, 0.717) is 24.9 Å². The minimum atomic E-state index is -3.05. The summed E-state index contributed by atoms with van der Waals surface area (Å²) in [5.41, 5.74) is 0. The molecule has 1 rings (SSSR count). The van der Waals surface area contributed by atoms with Crippen molar-refractivity contribution in [3.8, 4) is 0 Å². The van der Waals surface area contributed by atoms with E-state index >= 15 is 0 Å². The fourth-order valence-corrected chi connectivity index (χ4v) is 4.45. The van der Waals surface area contributed by atoms with Crippen LogP contribution >= 0.6 is 0 Å². The van der Waals surface area contributed by atoms with E-state index in [1.165, 1.54) is 0 Å². The van der Waals surface area contributed by atoms with Gasteiger partial charge in [0, 0.05) is 13.1 Å². The smallest absolute Gasteiger partial charge is 0.214 e. The molecule has 1 saturated heterocycles. The Morgan fingerprint density at radius 2 is 1.89 bits per heavy atom. The van der Waals surface area contributed by atoms with Gasteiger partial charge in [-0.15, -0.1) is 0 Å². The maximum atomic E-state index is 12.2. The molecule has 0 radical (unpaired) electrons.